The molecule has 2 aromatic rings. The number of hydrogen-bond acceptors (Lipinski definition) is 4. The van der Waals surface area contributed by atoms with E-state index in [1.165, 1.54) is 0 Å². The van der Waals surface area contributed by atoms with Crippen LogP contribution in [0.25, 0.3) is 0 Å². The van der Waals surface area contributed by atoms with Crippen LogP contribution in [-0.2, 0) is 0 Å². The molecule has 0 fully saturated rings. The minimum atomic E-state index is 0.195. The Labute approximate surface area is 127 Å². The average molecular weight is 301 g/mol. The van der Waals surface area contributed by atoms with Crippen molar-refractivity contribution in [2.45, 2.75) is 5.92 Å². The highest BCUT2D eigenvalue weighted by molar-refractivity contribution is 6.30. The minimum Gasteiger partial charge on any atom is -0.454 e. The molecule has 0 radical (unpaired) electrons. The lowest BCUT2D eigenvalue weighted by Crippen LogP contribution is -2.14. The van der Waals surface area contributed by atoms with E-state index in [2.05, 4.69) is 16.6 Å². The summed E-state index contributed by atoms with van der Waals surface area (Å²) in [5.74, 6) is 1.80. The SMILES string of the molecule is Clc1ccc(C2=NNCC2c2ccc3c(c2)OCO3)cc1. The van der Waals surface area contributed by atoms with Gasteiger partial charge in [-0.05, 0) is 35.4 Å². The highest BCUT2D eigenvalue weighted by atomic mass is 35.5. The summed E-state index contributed by atoms with van der Waals surface area (Å²) in [6.07, 6.45) is 0. The normalized spacial score (nSPS) is 19.3. The maximum atomic E-state index is 5.95. The first kappa shape index (κ1) is 12.5. The third-order valence-electron chi connectivity index (χ3n) is 3.76. The summed E-state index contributed by atoms with van der Waals surface area (Å²) in [6, 6.07) is 13.8. The predicted octanol–water partition coefficient (Wildman–Crippen LogP) is 3.16. The molecule has 21 heavy (non-hydrogen) atoms. The largest absolute Gasteiger partial charge is 0.454 e. The van der Waals surface area contributed by atoms with Gasteiger partial charge in [0.15, 0.2) is 11.5 Å². The molecule has 4 rings (SSSR count). The standard InChI is InChI=1S/C16H13ClN2O2/c17-12-4-1-10(2-5-12)16-13(8-18-19-16)11-3-6-14-15(7-11)21-9-20-14/h1-7,13,18H,8-9H2. The van der Waals surface area contributed by atoms with E-state index in [1.807, 2.05) is 36.4 Å². The number of hydrazone groups is 1. The van der Waals surface area contributed by atoms with Crippen molar-refractivity contribution in [3.8, 4) is 11.5 Å². The van der Waals surface area contributed by atoms with E-state index < -0.39 is 0 Å². The highest BCUT2D eigenvalue weighted by Gasteiger charge is 2.26. The zero-order chi connectivity index (χ0) is 14.2. The van der Waals surface area contributed by atoms with Crippen molar-refractivity contribution in [3.63, 3.8) is 0 Å². The van der Waals surface area contributed by atoms with Crippen LogP contribution in [0, 0.1) is 0 Å². The molecule has 0 aliphatic carbocycles. The molecule has 0 spiro atoms. The number of fused-ring (bicyclic) bond motifs is 1. The molecule has 2 aromatic carbocycles. The second-order valence-electron chi connectivity index (χ2n) is 5.03. The van der Waals surface area contributed by atoms with Gasteiger partial charge in [-0.1, -0.05) is 29.8 Å². The first-order valence-corrected chi connectivity index (χ1v) is 7.15. The molecule has 4 nitrogen and oxygen atoms in total. The van der Waals surface area contributed by atoms with Crippen LogP contribution >= 0.6 is 11.6 Å². The monoisotopic (exact) mass is 300 g/mol. The molecule has 0 bridgehead atoms. The summed E-state index contributed by atoms with van der Waals surface area (Å²) in [6.45, 7) is 1.07. The van der Waals surface area contributed by atoms with Crippen molar-refractivity contribution in [1.82, 2.24) is 5.43 Å². The summed E-state index contributed by atoms with van der Waals surface area (Å²) in [4.78, 5) is 0. The Kier molecular flexibility index (Phi) is 2.97. The smallest absolute Gasteiger partial charge is 0.231 e. The van der Waals surface area contributed by atoms with Crippen LogP contribution in [0.15, 0.2) is 47.6 Å². The Bertz CT molecular complexity index is 713. The average Bonchev–Trinajstić information content (AvgIpc) is 3.16. The van der Waals surface area contributed by atoms with Crippen molar-refractivity contribution >= 4 is 17.3 Å². The van der Waals surface area contributed by atoms with Crippen LogP contribution in [0.5, 0.6) is 11.5 Å². The molecule has 2 heterocycles. The van der Waals surface area contributed by atoms with Crippen LogP contribution in [0.1, 0.15) is 17.0 Å². The summed E-state index contributed by atoms with van der Waals surface area (Å²) in [7, 11) is 0. The van der Waals surface area contributed by atoms with Crippen LogP contribution in [0.3, 0.4) is 0 Å². The van der Waals surface area contributed by atoms with Gasteiger partial charge in [-0.2, -0.15) is 5.10 Å². The van der Waals surface area contributed by atoms with Gasteiger partial charge in [-0.3, -0.25) is 0 Å². The van der Waals surface area contributed by atoms with Gasteiger partial charge in [-0.15, -0.1) is 0 Å². The van der Waals surface area contributed by atoms with E-state index in [9.17, 15) is 0 Å². The van der Waals surface area contributed by atoms with Crippen molar-refractivity contribution < 1.29 is 9.47 Å². The molecule has 0 aromatic heterocycles. The number of nitrogens with one attached hydrogen (secondary N) is 1. The molecule has 106 valence electrons. The lowest BCUT2D eigenvalue weighted by Gasteiger charge is -2.13. The zero-order valence-electron chi connectivity index (χ0n) is 11.2. The molecule has 1 N–H and O–H groups in total. The first-order valence-electron chi connectivity index (χ1n) is 6.77. The van der Waals surface area contributed by atoms with E-state index in [-0.39, 0.29) is 5.92 Å². The van der Waals surface area contributed by atoms with E-state index >= 15 is 0 Å². The topological polar surface area (TPSA) is 42.9 Å². The van der Waals surface area contributed by atoms with Crippen LogP contribution in [-0.4, -0.2) is 19.0 Å². The van der Waals surface area contributed by atoms with E-state index in [0.29, 0.717) is 6.79 Å². The van der Waals surface area contributed by atoms with Crippen molar-refractivity contribution in [1.29, 1.82) is 0 Å². The fraction of sp³-hybridized carbons (Fsp3) is 0.188. The van der Waals surface area contributed by atoms with Gasteiger partial charge < -0.3 is 14.9 Å². The summed E-state index contributed by atoms with van der Waals surface area (Å²) < 4.78 is 10.8. The predicted molar refractivity (Wildman–Crippen MR) is 81.3 cm³/mol. The number of nitrogens with zero attached hydrogens (tertiary/aromatic N) is 1. The van der Waals surface area contributed by atoms with Gasteiger partial charge in [0.1, 0.15) is 0 Å². The molecule has 1 atom stereocenters. The first-order chi connectivity index (χ1) is 10.3. The molecular weight excluding hydrogens is 288 g/mol. The summed E-state index contributed by atoms with van der Waals surface area (Å²) in [5.41, 5.74) is 6.34. The van der Waals surface area contributed by atoms with Gasteiger partial charge in [-0.25, -0.2) is 0 Å². The molecule has 2 aliphatic rings. The molecule has 0 saturated heterocycles. The molecule has 0 amide bonds. The number of ether oxygens (including phenoxy) is 2. The van der Waals surface area contributed by atoms with Crippen LogP contribution in [0.4, 0.5) is 0 Å². The Morgan fingerprint density at radius 1 is 1.05 bits per heavy atom. The van der Waals surface area contributed by atoms with Crippen molar-refractivity contribution in [2.75, 3.05) is 13.3 Å². The summed E-state index contributed by atoms with van der Waals surface area (Å²) in [5, 5.41) is 5.17. The number of benzene rings is 2. The fourth-order valence-corrected chi connectivity index (χ4v) is 2.81. The molecule has 1 unspecified atom stereocenters. The van der Waals surface area contributed by atoms with Gasteiger partial charge in [0.05, 0.1) is 5.71 Å². The maximum Gasteiger partial charge on any atom is 0.231 e. The molecule has 0 saturated carbocycles. The number of rotatable bonds is 2. The quantitative estimate of drug-likeness (QED) is 0.926. The Balaban J connectivity index is 1.68. The van der Waals surface area contributed by atoms with Crippen molar-refractivity contribution in [2.24, 2.45) is 5.10 Å². The second kappa shape index (κ2) is 4.97. The Hall–Kier alpha value is -2.20. The van der Waals surface area contributed by atoms with Gasteiger partial charge in [0, 0.05) is 17.5 Å². The summed E-state index contributed by atoms with van der Waals surface area (Å²) >= 11 is 5.95. The Morgan fingerprint density at radius 2 is 1.86 bits per heavy atom. The number of hydrogen-bond donors (Lipinski definition) is 1. The maximum absolute atomic E-state index is 5.95. The van der Waals surface area contributed by atoms with Crippen LogP contribution in [0.2, 0.25) is 5.02 Å². The zero-order valence-corrected chi connectivity index (χ0v) is 11.9. The van der Waals surface area contributed by atoms with Gasteiger partial charge in [0.2, 0.25) is 6.79 Å². The van der Waals surface area contributed by atoms with E-state index in [0.717, 1.165) is 39.9 Å². The molecule has 2 aliphatic heterocycles. The highest BCUT2D eigenvalue weighted by Crippen LogP contribution is 2.36. The van der Waals surface area contributed by atoms with Crippen LogP contribution < -0.4 is 14.9 Å². The van der Waals surface area contributed by atoms with Crippen molar-refractivity contribution in [3.05, 3.63) is 58.6 Å². The lowest BCUT2D eigenvalue weighted by molar-refractivity contribution is 0.174. The lowest BCUT2D eigenvalue weighted by atomic mass is 9.90. The third kappa shape index (κ3) is 2.21. The third-order valence-corrected chi connectivity index (χ3v) is 4.02. The Morgan fingerprint density at radius 3 is 2.71 bits per heavy atom. The van der Waals surface area contributed by atoms with E-state index in [1.54, 1.807) is 0 Å². The fourth-order valence-electron chi connectivity index (χ4n) is 2.69. The second-order valence-corrected chi connectivity index (χ2v) is 5.47. The van der Waals surface area contributed by atoms with Gasteiger partial charge >= 0.3 is 0 Å². The van der Waals surface area contributed by atoms with Gasteiger partial charge in [0.25, 0.3) is 0 Å². The number of halogens is 1. The molecule has 5 heteroatoms. The van der Waals surface area contributed by atoms with E-state index in [4.69, 9.17) is 21.1 Å². The molecular formula is C16H13ClN2O2. The minimum absolute atomic E-state index is 0.195.